The Hall–Kier alpha value is -1.59. The van der Waals surface area contributed by atoms with Crippen molar-refractivity contribution in [1.82, 2.24) is 9.97 Å². The number of para-hydroxylation sites is 2. The van der Waals surface area contributed by atoms with E-state index in [1.807, 2.05) is 31.2 Å². The minimum Gasteiger partial charge on any atom is -0.475 e. The Labute approximate surface area is 130 Å². The van der Waals surface area contributed by atoms with E-state index in [1.54, 1.807) is 0 Å². The van der Waals surface area contributed by atoms with Crippen LogP contribution in [0.3, 0.4) is 0 Å². The highest BCUT2D eigenvalue weighted by molar-refractivity contribution is 5.85. The van der Waals surface area contributed by atoms with Crippen molar-refractivity contribution >= 4 is 29.3 Å². The first-order valence-electron chi connectivity index (χ1n) is 7.18. The standard InChI is InChI=1S/C15H20N4O.ClH/c1-2-20-15-14(19-9-7-11(16)8-10-19)17-12-5-3-4-6-13(12)18-15;/h3-6,11H,2,7-10,16H2,1H3;1H. The maximum Gasteiger partial charge on any atom is 0.258 e. The van der Waals surface area contributed by atoms with E-state index in [-0.39, 0.29) is 12.4 Å². The van der Waals surface area contributed by atoms with Crippen molar-refractivity contribution < 1.29 is 4.74 Å². The largest absolute Gasteiger partial charge is 0.475 e. The molecule has 0 radical (unpaired) electrons. The van der Waals surface area contributed by atoms with Crippen LogP contribution in [-0.4, -0.2) is 35.7 Å². The summed E-state index contributed by atoms with van der Waals surface area (Å²) < 4.78 is 5.68. The van der Waals surface area contributed by atoms with Crippen LogP contribution in [0.2, 0.25) is 0 Å². The van der Waals surface area contributed by atoms with E-state index in [2.05, 4.69) is 9.88 Å². The molecule has 0 bridgehead atoms. The molecule has 1 aliphatic rings. The van der Waals surface area contributed by atoms with Crippen LogP contribution in [0.4, 0.5) is 5.82 Å². The maximum atomic E-state index is 5.97. The number of fused-ring (bicyclic) bond motifs is 1. The average Bonchev–Trinajstić information content (AvgIpc) is 2.48. The fraction of sp³-hybridized carbons (Fsp3) is 0.467. The third kappa shape index (κ3) is 3.36. The molecule has 0 atom stereocenters. The molecule has 0 spiro atoms. The maximum absolute atomic E-state index is 5.97. The minimum absolute atomic E-state index is 0. The molecule has 0 amide bonds. The van der Waals surface area contributed by atoms with Gasteiger partial charge < -0.3 is 15.4 Å². The number of nitrogens with zero attached hydrogens (tertiary/aromatic N) is 3. The molecule has 3 rings (SSSR count). The topological polar surface area (TPSA) is 64.3 Å². The Morgan fingerprint density at radius 3 is 2.43 bits per heavy atom. The molecule has 0 unspecified atom stereocenters. The van der Waals surface area contributed by atoms with Gasteiger partial charge in [-0.05, 0) is 31.9 Å². The summed E-state index contributed by atoms with van der Waals surface area (Å²) >= 11 is 0. The van der Waals surface area contributed by atoms with Gasteiger partial charge in [0.1, 0.15) is 0 Å². The Kier molecular flexibility index (Phi) is 5.20. The third-order valence-corrected chi connectivity index (χ3v) is 3.64. The van der Waals surface area contributed by atoms with Crippen LogP contribution in [-0.2, 0) is 0 Å². The van der Waals surface area contributed by atoms with E-state index >= 15 is 0 Å². The molecule has 21 heavy (non-hydrogen) atoms. The molecular weight excluding hydrogens is 288 g/mol. The molecule has 1 saturated heterocycles. The second kappa shape index (κ2) is 6.91. The molecular formula is C15H21ClN4O. The molecule has 1 fully saturated rings. The first-order valence-corrected chi connectivity index (χ1v) is 7.18. The number of benzene rings is 1. The van der Waals surface area contributed by atoms with Gasteiger partial charge in [-0.15, -0.1) is 12.4 Å². The van der Waals surface area contributed by atoms with Gasteiger partial charge in [0.05, 0.1) is 17.6 Å². The SMILES string of the molecule is CCOc1nc2ccccc2nc1N1CCC(N)CC1.Cl. The Balaban J connectivity index is 0.00000161. The smallest absolute Gasteiger partial charge is 0.258 e. The van der Waals surface area contributed by atoms with Crippen molar-refractivity contribution in [2.24, 2.45) is 5.73 Å². The van der Waals surface area contributed by atoms with Crippen LogP contribution in [0.5, 0.6) is 5.88 Å². The number of nitrogens with two attached hydrogens (primary N) is 1. The molecule has 0 saturated carbocycles. The molecule has 5 nitrogen and oxygen atoms in total. The van der Waals surface area contributed by atoms with Gasteiger partial charge in [-0.1, -0.05) is 12.1 Å². The van der Waals surface area contributed by atoms with E-state index in [1.165, 1.54) is 0 Å². The zero-order chi connectivity index (χ0) is 13.9. The quantitative estimate of drug-likeness (QED) is 0.943. The van der Waals surface area contributed by atoms with Gasteiger partial charge in [0.2, 0.25) is 0 Å². The predicted octanol–water partition coefficient (Wildman–Crippen LogP) is 2.38. The third-order valence-electron chi connectivity index (χ3n) is 3.64. The van der Waals surface area contributed by atoms with Gasteiger partial charge in [0.25, 0.3) is 5.88 Å². The van der Waals surface area contributed by atoms with Crippen LogP contribution >= 0.6 is 12.4 Å². The zero-order valence-electron chi connectivity index (χ0n) is 12.2. The Bertz CT molecular complexity index is 599. The summed E-state index contributed by atoms with van der Waals surface area (Å²) in [5.74, 6) is 1.47. The predicted molar refractivity (Wildman–Crippen MR) is 87.4 cm³/mol. The minimum atomic E-state index is 0. The summed E-state index contributed by atoms with van der Waals surface area (Å²) in [6.45, 7) is 4.38. The van der Waals surface area contributed by atoms with Crippen molar-refractivity contribution in [2.75, 3.05) is 24.6 Å². The summed E-state index contributed by atoms with van der Waals surface area (Å²) in [6.07, 6.45) is 1.97. The van der Waals surface area contributed by atoms with Crippen LogP contribution in [0, 0.1) is 0 Å². The fourth-order valence-electron chi connectivity index (χ4n) is 2.53. The van der Waals surface area contributed by atoms with Gasteiger partial charge in [0.15, 0.2) is 5.82 Å². The second-order valence-electron chi connectivity index (χ2n) is 5.10. The van der Waals surface area contributed by atoms with Crippen molar-refractivity contribution in [3.05, 3.63) is 24.3 Å². The lowest BCUT2D eigenvalue weighted by Gasteiger charge is -2.31. The lowest BCUT2D eigenvalue weighted by atomic mass is 10.1. The van der Waals surface area contributed by atoms with Crippen LogP contribution in [0.1, 0.15) is 19.8 Å². The average molecular weight is 309 g/mol. The number of piperidine rings is 1. The number of halogens is 1. The van der Waals surface area contributed by atoms with Crippen molar-refractivity contribution in [1.29, 1.82) is 0 Å². The first-order chi connectivity index (χ1) is 9.78. The number of rotatable bonds is 3. The van der Waals surface area contributed by atoms with Gasteiger partial charge in [0, 0.05) is 19.1 Å². The lowest BCUT2D eigenvalue weighted by molar-refractivity contribution is 0.325. The highest BCUT2D eigenvalue weighted by Gasteiger charge is 2.22. The Morgan fingerprint density at radius 2 is 1.81 bits per heavy atom. The van der Waals surface area contributed by atoms with E-state index in [0.717, 1.165) is 42.8 Å². The summed E-state index contributed by atoms with van der Waals surface area (Å²) in [6, 6.07) is 8.19. The number of aromatic nitrogens is 2. The molecule has 1 aliphatic heterocycles. The molecule has 2 aromatic rings. The van der Waals surface area contributed by atoms with Crippen LogP contribution < -0.4 is 15.4 Å². The number of ether oxygens (including phenoxy) is 1. The van der Waals surface area contributed by atoms with Crippen LogP contribution in [0.15, 0.2) is 24.3 Å². The van der Waals surface area contributed by atoms with Gasteiger partial charge in [-0.25, -0.2) is 9.97 Å². The highest BCUT2D eigenvalue weighted by atomic mass is 35.5. The molecule has 1 aromatic carbocycles. The van der Waals surface area contributed by atoms with Crippen LogP contribution in [0.25, 0.3) is 11.0 Å². The summed E-state index contributed by atoms with van der Waals surface area (Å²) in [7, 11) is 0. The van der Waals surface area contributed by atoms with Crippen molar-refractivity contribution in [2.45, 2.75) is 25.8 Å². The first kappa shape index (κ1) is 15.8. The molecule has 114 valence electrons. The number of anilines is 1. The van der Waals surface area contributed by atoms with E-state index < -0.39 is 0 Å². The lowest BCUT2D eigenvalue weighted by Crippen LogP contribution is -2.40. The molecule has 2 N–H and O–H groups in total. The zero-order valence-corrected chi connectivity index (χ0v) is 13.0. The summed E-state index contributed by atoms with van der Waals surface area (Å²) in [4.78, 5) is 11.6. The number of hydrogen-bond acceptors (Lipinski definition) is 5. The van der Waals surface area contributed by atoms with Gasteiger partial charge in [-0.2, -0.15) is 0 Å². The van der Waals surface area contributed by atoms with E-state index in [9.17, 15) is 0 Å². The molecule has 1 aromatic heterocycles. The fourth-order valence-corrected chi connectivity index (χ4v) is 2.53. The monoisotopic (exact) mass is 308 g/mol. The number of hydrogen-bond donors (Lipinski definition) is 1. The molecule has 6 heteroatoms. The van der Waals surface area contributed by atoms with E-state index in [0.29, 0.717) is 18.5 Å². The van der Waals surface area contributed by atoms with Crippen molar-refractivity contribution in [3.8, 4) is 5.88 Å². The van der Waals surface area contributed by atoms with Crippen molar-refractivity contribution in [3.63, 3.8) is 0 Å². The van der Waals surface area contributed by atoms with Gasteiger partial charge >= 0.3 is 0 Å². The summed E-state index contributed by atoms with van der Waals surface area (Å²) in [5, 5.41) is 0. The molecule has 2 heterocycles. The van der Waals surface area contributed by atoms with Gasteiger partial charge in [-0.3, -0.25) is 0 Å². The normalized spacial score (nSPS) is 15.8. The second-order valence-corrected chi connectivity index (χ2v) is 5.10. The van der Waals surface area contributed by atoms with E-state index in [4.69, 9.17) is 15.5 Å². The molecule has 0 aliphatic carbocycles. The Morgan fingerprint density at radius 1 is 1.19 bits per heavy atom. The highest BCUT2D eigenvalue weighted by Crippen LogP contribution is 2.28. The summed E-state index contributed by atoms with van der Waals surface area (Å²) in [5.41, 5.74) is 7.74.